The number of carbonyl (C=O) groups excluding carboxylic acids is 1. The van der Waals surface area contributed by atoms with Crippen molar-refractivity contribution in [2.75, 3.05) is 5.32 Å². The molecule has 1 aliphatic heterocycles. The van der Waals surface area contributed by atoms with E-state index in [1.807, 2.05) is 7.05 Å². The maximum Gasteiger partial charge on any atom is 0.573 e. The van der Waals surface area contributed by atoms with Crippen molar-refractivity contribution in [3.05, 3.63) is 51.2 Å². The molecule has 3 aromatic rings. The van der Waals surface area contributed by atoms with Crippen LogP contribution < -0.4 is 15.6 Å². The smallest absolute Gasteiger partial charge is 0.406 e. The molecule has 2 aliphatic rings. The number of nitrogens with one attached hydrogen (secondary N) is 1. The van der Waals surface area contributed by atoms with Gasteiger partial charge in [0, 0.05) is 7.05 Å². The zero-order valence-electron chi connectivity index (χ0n) is 20.1. The second-order valence-corrected chi connectivity index (χ2v) is 9.37. The first kappa shape index (κ1) is 24.1. The summed E-state index contributed by atoms with van der Waals surface area (Å²) >= 11 is 0. The molecule has 3 heterocycles. The van der Waals surface area contributed by atoms with Gasteiger partial charge < -0.3 is 10.1 Å². The molecule has 1 N–H and O–H groups in total. The highest BCUT2D eigenvalue weighted by molar-refractivity contribution is 6.03. The third kappa shape index (κ3) is 4.40. The number of nitrogens with zero attached hydrogens (tertiary/aromatic N) is 5. The minimum absolute atomic E-state index is 0.0883. The SMILES string of the molecule is Cc1c(NC(=O)c2nnn3c2CCCc2cc(OC(F)(F)F)ccc2-3)c(=O)n(C2CCCCC2)n1C. The number of hydrogen-bond donors (Lipinski definition) is 1. The van der Waals surface area contributed by atoms with Crippen molar-refractivity contribution in [3.63, 3.8) is 0 Å². The van der Waals surface area contributed by atoms with E-state index in [4.69, 9.17) is 0 Å². The Balaban J connectivity index is 1.44. The van der Waals surface area contributed by atoms with Gasteiger partial charge in [-0.25, -0.2) is 9.36 Å². The van der Waals surface area contributed by atoms with Crippen LogP contribution in [0.1, 0.15) is 72.0 Å². The van der Waals surface area contributed by atoms with Crippen molar-refractivity contribution in [1.29, 1.82) is 0 Å². The van der Waals surface area contributed by atoms with Gasteiger partial charge in [0.1, 0.15) is 11.4 Å². The van der Waals surface area contributed by atoms with E-state index in [1.54, 1.807) is 16.3 Å². The third-order valence-corrected chi connectivity index (χ3v) is 7.10. The average Bonchev–Trinajstić information content (AvgIpc) is 3.26. The Morgan fingerprint density at radius 3 is 2.61 bits per heavy atom. The molecule has 0 unspecified atom stereocenters. The van der Waals surface area contributed by atoms with Crippen molar-refractivity contribution in [1.82, 2.24) is 24.4 Å². The van der Waals surface area contributed by atoms with E-state index in [0.29, 0.717) is 41.9 Å². The first-order chi connectivity index (χ1) is 17.1. The fourth-order valence-corrected chi connectivity index (χ4v) is 5.29. The highest BCUT2D eigenvalue weighted by atomic mass is 19.4. The molecule has 5 rings (SSSR count). The lowest BCUT2D eigenvalue weighted by Crippen LogP contribution is -2.29. The highest BCUT2D eigenvalue weighted by Crippen LogP contribution is 2.31. The molecule has 192 valence electrons. The van der Waals surface area contributed by atoms with Gasteiger partial charge in [-0.1, -0.05) is 24.5 Å². The van der Waals surface area contributed by atoms with Crippen LogP contribution in [0.5, 0.6) is 5.75 Å². The Morgan fingerprint density at radius 1 is 1.14 bits per heavy atom. The molecular weight excluding hydrogens is 477 g/mol. The fraction of sp³-hybridized carbons (Fsp3) is 0.500. The fourth-order valence-electron chi connectivity index (χ4n) is 5.29. The van der Waals surface area contributed by atoms with E-state index in [2.05, 4.69) is 20.4 Å². The van der Waals surface area contributed by atoms with Gasteiger partial charge in [0.05, 0.1) is 23.1 Å². The van der Waals surface area contributed by atoms with E-state index >= 15 is 0 Å². The van der Waals surface area contributed by atoms with Crippen molar-refractivity contribution >= 4 is 11.6 Å². The van der Waals surface area contributed by atoms with Gasteiger partial charge in [-0.15, -0.1) is 18.3 Å². The molecule has 12 heteroatoms. The summed E-state index contributed by atoms with van der Waals surface area (Å²) < 4.78 is 47.0. The van der Waals surface area contributed by atoms with Crippen LogP contribution >= 0.6 is 0 Å². The van der Waals surface area contributed by atoms with Crippen LogP contribution in [0.15, 0.2) is 23.0 Å². The molecule has 2 aromatic heterocycles. The molecule has 0 saturated heterocycles. The van der Waals surface area contributed by atoms with E-state index in [-0.39, 0.29) is 28.7 Å². The minimum Gasteiger partial charge on any atom is -0.406 e. The number of benzene rings is 1. The van der Waals surface area contributed by atoms with E-state index in [1.165, 1.54) is 22.9 Å². The lowest BCUT2D eigenvalue weighted by Gasteiger charge is -2.24. The van der Waals surface area contributed by atoms with Crippen molar-refractivity contribution < 1.29 is 22.7 Å². The Hall–Kier alpha value is -3.57. The Morgan fingerprint density at radius 2 is 1.89 bits per heavy atom. The number of aryl methyl sites for hydroxylation is 1. The summed E-state index contributed by atoms with van der Waals surface area (Å²) in [6.07, 6.45) is 1.88. The van der Waals surface area contributed by atoms with Crippen molar-refractivity contribution in [2.24, 2.45) is 7.05 Å². The number of fused-ring (bicyclic) bond motifs is 3. The van der Waals surface area contributed by atoms with Crippen LogP contribution in [-0.2, 0) is 19.9 Å². The summed E-state index contributed by atoms with van der Waals surface area (Å²) in [7, 11) is 1.82. The summed E-state index contributed by atoms with van der Waals surface area (Å²) in [5.74, 6) is -0.852. The van der Waals surface area contributed by atoms with Crippen LogP contribution in [0.25, 0.3) is 5.69 Å². The molecule has 36 heavy (non-hydrogen) atoms. The molecule has 1 fully saturated rings. The number of ether oxygens (including phenoxy) is 1. The number of aromatic nitrogens is 5. The maximum absolute atomic E-state index is 13.3. The molecule has 1 amide bonds. The van der Waals surface area contributed by atoms with Gasteiger partial charge in [0.15, 0.2) is 5.69 Å². The molecule has 0 radical (unpaired) electrons. The summed E-state index contributed by atoms with van der Waals surface area (Å²) in [6.45, 7) is 1.79. The topological polar surface area (TPSA) is 96.0 Å². The highest BCUT2D eigenvalue weighted by Gasteiger charge is 2.32. The predicted molar refractivity (Wildman–Crippen MR) is 125 cm³/mol. The summed E-state index contributed by atoms with van der Waals surface area (Å²) in [4.78, 5) is 26.5. The average molecular weight is 505 g/mol. The van der Waals surface area contributed by atoms with Gasteiger partial charge >= 0.3 is 6.36 Å². The Bertz CT molecular complexity index is 1360. The molecule has 0 spiro atoms. The van der Waals surface area contributed by atoms with Crippen LogP contribution in [-0.4, -0.2) is 36.6 Å². The van der Waals surface area contributed by atoms with Gasteiger partial charge in [0.2, 0.25) is 0 Å². The quantitative estimate of drug-likeness (QED) is 0.574. The molecule has 9 nitrogen and oxygen atoms in total. The normalized spacial score (nSPS) is 16.2. The van der Waals surface area contributed by atoms with E-state index < -0.39 is 12.3 Å². The Labute approximate surface area is 204 Å². The standard InChI is InChI=1S/C24H27F3N6O3/c1-14-20(23(35)33(31(14)2)16-8-4-3-5-9-16)28-22(34)21-19-10-6-7-15-13-17(36-24(25,26)27)11-12-18(15)32(19)30-29-21/h11-13,16H,3-10H2,1-2H3,(H,28,34). The zero-order valence-corrected chi connectivity index (χ0v) is 20.1. The molecule has 0 bridgehead atoms. The lowest BCUT2D eigenvalue weighted by atomic mass is 9.96. The van der Waals surface area contributed by atoms with Crippen LogP contribution in [0.3, 0.4) is 0 Å². The van der Waals surface area contributed by atoms with Crippen LogP contribution in [0.4, 0.5) is 18.9 Å². The van der Waals surface area contributed by atoms with Gasteiger partial charge in [-0.2, -0.15) is 0 Å². The minimum atomic E-state index is -4.78. The first-order valence-corrected chi connectivity index (χ1v) is 12.1. The lowest BCUT2D eigenvalue weighted by molar-refractivity contribution is -0.274. The summed E-state index contributed by atoms with van der Waals surface area (Å²) in [6, 6.07) is 4.13. The van der Waals surface area contributed by atoms with Crippen LogP contribution in [0, 0.1) is 6.92 Å². The molecule has 1 saturated carbocycles. The second kappa shape index (κ2) is 9.14. The van der Waals surface area contributed by atoms with Crippen LogP contribution in [0.2, 0.25) is 0 Å². The number of alkyl halides is 3. The molecule has 1 aromatic carbocycles. The first-order valence-electron chi connectivity index (χ1n) is 12.1. The van der Waals surface area contributed by atoms with Gasteiger partial charge in [-0.3, -0.25) is 14.3 Å². The van der Waals surface area contributed by atoms with E-state index in [0.717, 1.165) is 32.1 Å². The van der Waals surface area contributed by atoms with E-state index in [9.17, 15) is 22.8 Å². The molecule has 0 atom stereocenters. The monoisotopic (exact) mass is 504 g/mol. The number of rotatable bonds is 4. The molecule has 1 aliphatic carbocycles. The summed E-state index contributed by atoms with van der Waals surface area (Å²) in [5.41, 5.74) is 2.41. The number of amides is 1. The number of hydrogen-bond acceptors (Lipinski definition) is 5. The van der Waals surface area contributed by atoms with Gasteiger partial charge in [-0.05, 0) is 62.8 Å². The largest absolute Gasteiger partial charge is 0.573 e. The second-order valence-electron chi connectivity index (χ2n) is 9.37. The maximum atomic E-state index is 13.3. The summed E-state index contributed by atoms with van der Waals surface area (Å²) in [5, 5.41) is 10.9. The number of anilines is 1. The van der Waals surface area contributed by atoms with Gasteiger partial charge in [0.25, 0.3) is 11.5 Å². The number of halogens is 3. The number of carbonyl (C=O) groups is 1. The predicted octanol–water partition coefficient (Wildman–Crippen LogP) is 4.22. The molecular formula is C24H27F3N6O3. The zero-order chi connectivity index (χ0) is 25.6. The third-order valence-electron chi connectivity index (χ3n) is 7.10. The Kier molecular flexibility index (Phi) is 6.13. The van der Waals surface area contributed by atoms with Crippen molar-refractivity contribution in [3.8, 4) is 11.4 Å². The van der Waals surface area contributed by atoms with Crippen molar-refractivity contribution in [2.45, 2.75) is 70.7 Å².